The largest absolute Gasteiger partial charge is 0.478 e. The standard InChI is InChI=1S/C14H22.C8H6O4/c1-3-5-7-13-9-11-14(12-10-13)8-6-4-2;9-7(10)5-3-1-2-4-6(5)8(11)12/h9-12H,3-8H2,1-2H3;1-4H,(H,9,10)(H,11,12). The lowest BCUT2D eigenvalue weighted by Gasteiger charge is -2.02. The molecular weight excluding hydrogens is 328 g/mol. The summed E-state index contributed by atoms with van der Waals surface area (Å²) in [5, 5.41) is 17.1. The first-order valence-corrected chi connectivity index (χ1v) is 9.13. The van der Waals surface area contributed by atoms with Gasteiger partial charge in [0.25, 0.3) is 0 Å². The maximum Gasteiger partial charge on any atom is 0.336 e. The van der Waals surface area contributed by atoms with Crippen LogP contribution in [0.5, 0.6) is 0 Å². The second kappa shape index (κ2) is 11.9. The van der Waals surface area contributed by atoms with E-state index < -0.39 is 11.9 Å². The van der Waals surface area contributed by atoms with Gasteiger partial charge in [-0.1, -0.05) is 63.1 Å². The van der Waals surface area contributed by atoms with Gasteiger partial charge < -0.3 is 10.2 Å². The molecule has 0 heterocycles. The second-order valence-electron chi connectivity index (χ2n) is 6.18. The van der Waals surface area contributed by atoms with Crippen LogP contribution in [0.1, 0.15) is 71.4 Å². The minimum atomic E-state index is -1.23. The summed E-state index contributed by atoms with van der Waals surface area (Å²) in [6.07, 6.45) is 7.69. The number of aryl methyl sites for hydroxylation is 2. The van der Waals surface area contributed by atoms with E-state index in [2.05, 4.69) is 38.1 Å². The number of benzene rings is 2. The fourth-order valence-electron chi connectivity index (χ4n) is 2.49. The van der Waals surface area contributed by atoms with Crippen molar-refractivity contribution in [3.63, 3.8) is 0 Å². The molecule has 0 aliphatic heterocycles. The molecule has 0 aliphatic carbocycles. The van der Waals surface area contributed by atoms with Gasteiger partial charge in [-0.05, 0) is 48.9 Å². The summed E-state index contributed by atoms with van der Waals surface area (Å²) >= 11 is 0. The van der Waals surface area contributed by atoms with Gasteiger partial charge in [0.05, 0.1) is 11.1 Å². The Morgan fingerprint density at radius 3 is 1.31 bits per heavy atom. The number of hydrogen-bond acceptors (Lipinski definition) is 2. The fraction of sp³-hybridized carbons (Fsp3) is 0.364. The Hall–Kier alpha value is -2.62. The van der Waals surface area contributed by atoms with Gasteiger partial charge in [-0.3, -0.25) is 0 Å². The number of carbonyl (C=O) groups is 2. The van der Waals surface area contributed by atoms with Gasteiger partial charge in [-0.2, -0.15) is 0 Å². The van der Waals surface area contributed by atoms with E-state index in [1.54, 1.807) is 0 Å². The van der Waals surface area contributed by atoms with Gasteiger partial charge in [-0.25, -0.2) is 9.59 Å². The fourth-order valence-corrected chi connectivity index (χ4v) is 2.49. The molecule has 4 nitrogen and oxygen atoms in total. The molecule has 0 aromatic heterocycles. The number of carboxylic acid groups (broad SMARTS) is 2. The summed E-state index contributed by atoms with van der Waals surface area (Å²) in [6.45, 7) is 4.49. The lowest BCUT2D eigenvalue weighted by molar-refractivity contribution is 0.0651. The Balaban J connectivity index is 0.000000263. The van der Waals surface area contributed by atoms with Crippen LogP contribution >= 0.6 is 0 Å². The summed E-state index contributed by atoms with van der Waals surface area (Å²) in [6, 6.07) is 14.6. The van der Waals surface area contributed by atoms with Crippen LogP contribution in [0.15, 0.2) is 48.5 Å². The molecule has 0 saturated carbocycles. The molecule has 140 valence electrons. The first-order chi connectivity index (χ1) is 12.5. The third-order valence-electron chi connectivity index (χ3n) is 4.05. The van der Waals surface area contributed by atoms with Crippen LogP contribution in [-0.4, -0.2) is 22.2 Å². The molecular formula is C22H28O4. The molecule has 26 heavy (non-hydrogen) atoms. The highest BCUT2D eigenvalue weighted by Crippen LogP contribution is 2.10. The molecule has 0 radical (unpaired) electrons. The van der Waals surface area contributed by atoms with Crippen LogP contribution in [-0.2, 0) is 12.8 Å². The van der Waals surface area contributed by atoms with E-state index in [1.807, 2.05) is 0 Å². The van der Waals surface area contributed by atoms with Crippen molar-refractivity contribution in [3.8, 4) is 0 Å². The Morgan fingerprint density at radius 1 is 0.692 bits per heavy atom. The van der Waals surface area contributed by atoms with Crippen LogP contribution in [0.4, 0.5) is 0 Å². The first-order valence-electron chi connectivity index (χ1n) is 9.13. The molecule has 2 N–H and O–H groups in total. The van der Waals surface area contributed by atoms with Crippen LogP contribution in [0.2, 0.25) is 0 Å². The quantitative estimate of drug-likeness (QED) is 0.659. The van der Waals surface area contributed by atoms with Gasteiger partial charge in [0.1, 0.15) is 0 Å². The van der Waals surface area contributed by atoms with Crippen LogP contribution in [0.3, 0.4) is 0 Å². The van der Waals surface area contributed by atoms with E-state index in [0.29, 0.717) is 0 Å². The summed E-state index contributed by atoms with van der Waals surface area (Å²) in [4.78, 5) is 20.9. The smallest absolute Gasteiger partial charge is 0.336 e. The van der Waals surface area contributed by atoms with E-state index in [0.717, 1.165) is 0 Å². The zero-order valence-corrected chi connectivity index (χ0v) is 15.6. The van der Waals surface area contributed by atoms with Gasteiger partial charge >= 0.3 is 11.9 Å². The summed E-state index contributed by atoms with van der Waals surface area (Å²) in [5.41, 5.74) is 2.61. The zero-order chi connectivity index (χ0) is 19.4. The Labute approximate surface area is 155 Å². The van der Waals surface area contributed by atoms with Crippen molar-refractivity contribution in [2.24, 2.45) is 0 Å². The van der Waals surface area contributed by atoms with E-state index in [-0.39, 0.29) is 11.1 Å². The predicted molar refractivity (Wildman–Crippen MR) is 104 cm³/mol. The lowest BCUT2D eigenvalue weighted by atomic mass is 10.0. The maximum atomic E-state index is 10.5. The van der Waals surface area contributed by atoms with Crippen molar-refractivity contribution >= 4 is 11.9 Å². The number of hydrogen-bond donors (Lipinski definition) is 2. The van der Waals surface area contributed by atoms with Crippen LogP contribution in [0.25, 0.3) is 0 Å². The minimum absolute atomic E-state index is 0.190. The van der Waals surface area contributed by atoms with E-state index in [1.165, 1.54) is 73.9 Å². The van der Waals surface area contributed by atoms with Gasteiger partial charge in [0.15, 0.2) is 0 Å². The second-order valence-corrected chi connectivity index (χ2v) is 6.18. The monoisotopic (exact) mass is 356 g/mol. The van der Waals surface area contributed by atoms with Crippen LogP contribution in [0, 0.1) is 0 Å². The highest BCUT2D eigenvalue weighted by molar-refractivity contribution is 6.01. The summed E-state index contributed by atoms with van der Waals surface area (Å²) in [5.74, 6) is -2.46. The van der Waals surface area contributed by atoms with Gasteiger partial charge in [0.2, 0.25) is 0 Å². The van der Waals surface area contributed by atoms with Gasteiger partial charge in [0, 0.05) is 0 Å². The molecule has 0 amide bonds. The Morgan fingerprint density at radius 2 is 1.04 bits per heavy atom. The summed E-state index contributed by atoms with van der Waals surface area (Å²) in [7, 11) is 0. The molecule has 0 bridgehead atoms. The highest BCUT2D eigenvalue weighted by atomic mass is 16.4. The molecule has 2 aromatic rings. The highest BCUT2D eigenvalue weighted by Gasteiger charge is 2.13. The van der Waals surface area contributed by atoms with Crippen molar-refractivity contribution in [3.05, 3.63) is 70.8 Å². The minimum Gasteiger partial charge on any atom is -0.478 e. The first kappa shape index (κ1) is 21.4. The molecule has 0 fully saturated rings. The Bertz CT molecular complexity index is 630. The molecule has 0 saturated heterocycles. The lowest BCUT2D eigenvalue weighted by Crippen LogP contribution is -2.06. The molecule has 0 unspecified atom stereocenters. The van der Waals surface area contributed by atoms with Crippen molar-refractivity contribution < 1.29 is 19.8 Å². The van der Waals surface area contributed by atoms with E-state index in [9.17, 15) is 9.59 Å². The SMILES string of the molecule is CCCCc1ccc(CCCC)cc1.O=C(O)c1ccccc1C(=O)O. The van der Waals surface area contributed by atoms with Gasteiger partial charge in [-0.15, -0.1) is 0 Å². The van der Waals surface area contributed by atoms with Crippen molar-refractivity contribution in [1.29, 1.82) is 0 Å². The third kappa shape index (κ3) is 7.51. The normalized spacial score (nSPS) is 9.92. The average molecular weight is 356 g/mol. The van der Waals surface area contributed by atoms with Crippen LogP contribution < -0.4 is 0 Å². The zero-order valence-electron chi connectivity index (χ0n) is 15.6. The van der Waals surface area contributed by atoms with E-state index >= 15 is 0 Å². The number of carboxylic acids is 2. The molecule has 2 rings (SSSR count). The number of aromatic carboxylic acids is 2. The van der Waals surface area contributed by atoms with Crippen molar-refractivity contribution in [2.45, 2.75) is 52.4 Å². The molecule has 0 aliphatic rings. The molecule has 2 aromatic carbocycles. The van der Waals surface area contributed by atoms with E-state index in [4.69, 9.17) is 10.2 Å². The summed E-state index contributed by atoms with van der Waals surface area (Å²) < 4.78 is 0. The molecule has 0 spiro atoms. The molecule has 0 atom stereocenters. The topological polar surface area (TPSA) is 74.6 Å². The van der Waals surface area contributed by atoms with Crippen molar-refractivity contribution in [2.75, 3.05) is 0 Å². The average Bonchev–Trinajstić information content (AvgIpc) is 2.66. The predicted octanol–water partition coefficient (Wildman–Crippen LogP) is 5.45. The number of rotatable bonds is 8. The third-order valence-corrected chi connectivity index (χ3v) is 4.05. The number of unbranched alkanes of at least 4 members (excludes halogenated alkanes) is 2. The maximum absolute atomic E-state index is 10.5. The van der Waals surface area contributed by atoms with Crippen molar-refractivity contribution in [1.82, 2.24) is 0 Å². The Kier molecular flexibility index (Phi) is 9.77. The molecule has 4 heteroatoms.